The number of carboxylic acid groups (broad SMARTS) is 1. The van der Waals surface area contributed by atoms with Gasteiger partial charge in [-0.2, -0.15) is 0 Å². The van der Waals surface area contributed by atoms with E-state index in [-0.39, 0.29) is 12.3 Å². The molecule has 0 saturated carbocycles. The monoisotopic (exact) mass is 389 g/mol. The maximum atomic E-state index is 12.5. The molecule has 1 fully saturated rings. The van der Waals surface area contributed by atoms with Crippen LogP contribution >= 0.6 is 22.6 Å². The Morgan fingerprint density at radius 2 is 2.25 bits per heavy atom. The molecule has 20 heavy (non-hydrogen) atoms. The summed E-state index contributed by atoms with van der Waals surface area (Å²) in [4.78, 5) is 24.9. The van der Waals surface area contributed by atoms with Gasteiger partial charge in [0.15, 0.2) is 0 Å². The Morgan fingerprint density at radius 1 is 1.50 bits per heavy atom. The molecule has 1 aromatic carbocycles. The van der Waals surface area contributed by atoms with E-state index in [1.54, 1.807) is 4.90 Å². The number of morpholine rings is 1. The van der Waals surface area contributed by atoms with Gasteiger partial charge in [-0.15, -0.1) is 0 Å². The number of rotatable bonds is 3. The summed E-state index contributed by atoms with van der Waals surface area (Å²) >= 11 is 2.14. The minimum atomic E-state index is -0.908. The summed E-state index contributed by atoms with van der Waals surface area (Å²) in [6.45, 7) is 3.15. The van der Waals surface area contributed by atoms with Gasteiger partial charge in [-0.25, -0.2) is 0 Å². The van der Waals surface area contributed by atoms with Crippen molar-refractivity contribution in [3.8, 4) is 0 Å². The number of hydrogen-bond acceptors (Lipinski definition) is 3. The number of nitrogens with zero attached hydrogens (tertiary/aromatic N) is 1. The van der Waals surface area contributed by atoms with Crippen LogP contribution in [-0.4, -0.2) is 47.7 Å². The van der Waals surface area contributed by atoms with Crippen LogP contribution in [0.15, 0.2) is 18.2 Å². The Labute approximate surface area is 131 Å². The van der Waals surface area contributed by atoms with Crippen LogP contribution in [0.5, 0.6) is 0 Å². The molecule has 1 saturated heterocycles. The molecule has 6 heteroatoms. The summed E-state index contributed by atoms with van der Waals surface area (Å²) < 4.78 is 6.28. The highest BCUT2D eigenvalue weighted by molar-refractivity contribution is 14.1. The van der Waals surface area contributed by atoms with Crippen LogP contribution in [-0.2, 0) is 9.53 Å². The van der Waals surface area contributed by atoms with Gasteiger partial charge in [-0.3, -0.25) is 9.59 Å². The second-order valence-electron chi connectivity index (χ2n) is 4.83. The Bertz CT molecular complexity index is 532. The zero-order valence-electron chi connectivity index (χ0n) is 11.1. The topological polar surface area (TPSA) is 66.8 Å². The van der Waals surface area contributed by atoms with E-state index < -0.39 is 12.1 Å². The van der Waals surface area contributed by atoms with Crippen molar-refractivity contribution in [3.63, 3.8) is 0 Å². The highest BCUT2D eigenvalue weighted by Gasteiger charge is 2.27. The van der Waals surface area contributed by atoms with Crippen molar-refractivity contribution in [2.24, 2.45) is 0 Å². The molecular formula is C14H16INO4. The fourth-order valence-corrected chi connectivity index (χ4v) is 2.76. The molecule has 0 spiro atoms. The number of hydrogen-bond donors (Lipinski definition) is 1. The molecule has 1 atom stereocenters. The Kier molecular flexibility index (Phi) is 4.98. The largest absolute Gasteiger partial charge is 0.481 e. The summed E-state index contributed by atoms with van der Waals surface area (Å²) in [6, 6.07) is 5.75. The second kappa shape index (κ2) is 6.53. The number of aryl methyl sites for hydroxylation is 1. The number of carbonyl (C=O) groups excluding carboxylic acids is 1. The summed E-state index contributed by atoms with van der Waals surface area (Å²) in [5, 5.41) is 8.80. The number of aliphatic carboxylic acids is 1. The van der Waals surface area contributed by atoms with Crippen LogP contribution in [0.25, 0.3) is 0 Å². The van der Waals surface area contributed by atoms with Gasteiger partial charge >= 0.3 is 5.97 Å². The first-order chi connectivity index (χ1) is 9.47. The van der Waals surface area contributed by atoms with Crippen molar-refractivity contribution < 1.29 is 19.4 Å². The second-order valence-corrected chi connectivity index (χ2v) is 5.99. The highest BCUT2D eigenvalue weighted by atomic mass is 127. The lowest BCUT2D eigenvalue weighted by molar-refractivity contribution is -0.141. The minimum Gasteiger partial charge on any atom is -0.481 e. The van der Waals surface area contributed by atoms with Crippen LogP contribution < -0.4 is 0 Å². The first-order valence-corrected chi connectivity index (χ1v) is 7.44. The van der Waals surface area contributed by atoms with Gasteiger partial charge in [0.1, 0.15) is 0 Å². The zero-order chi connectivity index (χ0) is 14.7. The summed E-state index contributed by atoms with van der Waals surface area (Å²) in [7, 11) is 0. The van der Waals surface area contributed by atoms with Crippen molar-refractivity contribution >= 4 is 34.5 Å². The number of benzene rings is 1. The molecule has 1 heterocycles. The molecular weight excluding hydrogens is 373 g/mol. The van der Waals surface area contributed by atoms with E-state index in [1.165, 1.54) is 0 Å². The lowest BCUT2D eigenvalue weighted by Crippen LogP contribution is -2.46. The number of amides is 1. The van der Waals surface area contributed by atoms with Gasteiger partial charge in [0.05, 0.1) is 24.7 Å². The van der Waals surface area contributed by atoms with Gasteiger partial charge < -0.3 is 14.7 Å². The van der Waals surface area contributed by atoms with E-state index in [0.29, 0.717) is 25.3 Å². The first kappa shape index (κ1) is 15.2. The van der Waals surface area contributed by atoms with Crippen molar-refractivity contribution in [1.82, 2.24) is 4.90 Å². The molecule has 1 aliphatic rings. The van der Waals surface area contributed by atoms with E-state index in [9.17, 15) is 9.59 Å². The molecule has 108 valence electrons. The number of halogens is 1. The smallest absolute Gasteiger partial charge is 0.306 e. The van der Waals surface area contributed by atoms with Gasteiger partial charge in [-0.05, 0) is 41.6 Å². The number of carbonyl (C=O) groups is 2. The lowest BCUT2D eigenvalue weighted by atomic mass is 10.1. The Hall–Kier alpha value is -1.15. The molecule has 0 aromatic heterocycles. The van der Waals surface area contributed by atoms with E-state index in [0.717, 1.165) is 9.13 Å². The Balaban J connectivity index is 2.12. The molecule has 0 bridgehead atoms. The number of ether oxygens (including phenoxy) is 1. The lowest BCUT2D eigenvalue weighted by Gasteiger charge is -2.32. The third-order valence-electron chi connectivity index (χ3n) is 3.18. The highest BCUT2D eigenvalue weighted by Crippen LogP contribution is 2.18. The van der Waals surface area contributed by atoms with Crippen LogP contribution in [0, 0.1) is 10.5 Å². The van der Waals surface area contributed by atoms with E-state index in [2.05, 4.69) is 22.6 Å². The van der Waals surface area contributed by atoms with E-state index in [1.807, 2.05) is 25.1 Å². The fourth-order valence-electron chi connectivity index (χ4n) is 2.20. The van der Waals surface area contributed by atoms with Gasteiger partial charge in [0.25, 0.3) is 5.91 Å². The molecule has 1 aliphatic heterocycles. The number of carboxylic acids is 1. The molecule has 1 aromatic rings. The third kappa shape index (κ3) is 3.69. The van der Waals surface area contributed by atoms with E-state index >= 15 is 0 Å². The molecule has 0 radical (unpaired) electrons. The molecule has 1 unspecified atom stereocenters. The van der Waals surface area contributed by atoms with E-state index in [4.69, 9.17) is 9.84 Å². The van der Waals surface area contributed by atoms with Crippen molar-refractivity contribution in [2.75, 3.05) is 19.7 Å². The van der Waals surface area contributed by atoms with Crippen LogP contribution in [0.4, 0.5) is 0 Å². The zero-order valence-corrected chi connectivity index (χ0v) is 13.3. The summed E-state index contributed by atoms with van der Waals surface area (Å²) in [5.74, 6) is -0.966. The molecule has 1 N–H and O–H groups in total. The van der Waals surface area contributed by atoms with Gasteiger partial charge in [-0.1, -0.05) is 11.6 Å². The van der Waals surface area contributed by atoms with Gasteiger partial charge in [0.2, 0.25) is 0 Å². The average Bonchev–Trinajstić information content (AvgIpc) is 2.40. The molecule has 0 aliphatic carbocycles. The average molecular weight is 389 g/mol. The van der Waals surface area contributed by atoms with Crippen LogP contribution in [0.1, 0.15) is 22.3 Å². The maximum Gasteiger partial charge on any atom is 0.306 e. The molecule has 5 nitrogen and oxygen atoms in total. The van der Waals surface area contributed by atoms with Gasteiger partial charge in [0, 0.05) is 16.7 Å². The van der Waals surface area contributed by atoms with Crippen LogP contribution in [0.2, 0.25) is 0 Å². The van der Waals surface area contributed by atoms with Crippen molar-refractivity contribution in [2.45, 2.75) is 19.4 Å². The maximum absolute atomic E-state index is 12.5. The normalized spacial score (nSPS) is 18.9. The Morgan fingerprint density at radius 3 is 2.95 bits per heavy atom. The summed E-state index contributed by atoms with van der Waals surface area (Å²) in [5.41, 5.74) is 1.70. The third-order valence-corrected chi connectivity index (χ3v) is 4.12. The predicted octanol–water partition coefficient (Wildman–Crippen LogP) is 1.92. The van der Waals surface area contributed by atoms with Crippen molar-refractivity contribution in [1.29, 1.82) is 0 Å². The summed E-state index contributed by atoms with van der Waals surface area (Å²) in [6.07, 6.45) is -0.498. The first-order valence-electron chi connectivity index (χ1n) is 6.36. The molecule has 1 amide bonds. The van der Waals surface area contributed by atoms with Crippen LogP contribution in [0.3, 0.4) is 0 Å². The molecule has 2 rings (SSSR count). The van der Waals surface area contributed by atoms with Crippen molar-refractivity contribution in [3.05, 3.63) is 32.9 Å². The fraction of sp³-hybridized carbons (Fsp3) is 0.429. The SMILES string of the molecule is Cc1ccc(I)c(C(=O)N2CCOC(CC(=O)O)C2)c1. The predicted molar refractivity (Wildman–Crippen MR) is 81.8 cm³/mol. The quantitative estimate of drug-likeness (QED) is 0.803. The standard InChI is InChI=1S/C14H16INO4/c1-9-2-3-12(15)11(6-9)14(19)16-4-5-20-10(8-16)7-13(17)18/h2-3,6,10H,4-5,7-8H2,1H3,(H,17,18). The minimum absolute atomic E-state index is 0.0585.